The Balaban J connectivity index is 1.94. The summed E-state index contributed by atoms with van der Waals surface area (Å²) in [4.78, 5) is 0. The molecule has 0 aliphatic carbocycles. The molecule has 21 heavy (non-hydrogen) atoms. The normalized spacial score (nSPS) is 11.0. The van der Waals surface area contributed by atoms with Gasteiger partial charge in [-0.3, -0.25) is 0 Å². The lowest BCUT2D eigenvalue weighted by molar-refractivity contribution is 0.624. The van der Waals surface area contributed by atoms with Crippen molar-refractivity contribution in [1.82, 2.24) is 0 Å². The van der Waals surface area contributed by atoms with E-state index in [2.05, 4.69) is 67.6 Å². The molecule has 1 radical (unpaired) electrons. The second-order valence-electron chi connectivity index (χ2n) is 5.73. The van der Waals surface area contributed by atoms with Crippen LogP contribution in [0.3, 0.4) is 0 Å². The summed E-state index contributed by atoms with van der Waals surface area (Å²) in [5.74, 6) is 0. The molecule has 0 bridgehead atoms. The highest BCUT2D eigenvalue weighted by Gasteiger charge is 2.15. The van der Waals surface area contributed by atoms with Crippen molar-refractivity contribution in [2.45, 2.75) is 51.5 Å². The van der Waals surface area contributed by atoms with Crippen LogP contribution in [-0.2, 0) is 0 Å². The van der Waals surface area contributed by atoms with Gasteiger partial charge >= 0.3 is 0 Å². The topological polar surface area (TPSA) is 0 Å². The Morgan fingerprint density at radius 3 is 1.62 bits per heavy atom. The van der Waals surface area contributed by atoms with Crippen LogP contribution in [0.4, 0.5) is 0 Å². The van der Waals surface area contributed by atoms with Gasteiger partial charge in [-0.1, -0.05) is 123 Å². The molecule has 0 N–H and O–H groups in total. The van der Waals surface area contributed by atoms with Crippen molar-refractivity contribution in [3.8, 4) is 0 Å². The summed E-state index contributed by atoms with van der Waals surface area (Å²) < 4.78 is 0. The van der Waals surface area contributed by atoms with Crippen molar-refractivity contribution >= 4 is 19.2 Å². The molecule has 2 rings (SSSR count). The lowest BCUT2D eigenvalue weighted by Crippen LogP contribution is -2.41. The molecule has 0 aromatic heterocycles. The summed E-state index contributed by atoms with van der Waals surface area (Å²) in [7, 11) is -0.592. The van der Waals surface area contributed by atoms with Crippen molar-refractivity contribution in [1.29, 1.82) is 0 Å². The van der Waals surface area contributed by atoms with Crippen molar-refractivity contribution in [2.24, 2.45) is 0 Å². The summed E-state index contributed by atoms with van der Waals surface area (Å²) >= 11 is 0. The second-order valence-corrected chi connectivity index (χ2v) is 8.34. The molecule has 0 aliphatic rings. The fourth-order valence-electron chi connectivity index (χ4n) is 2.82. The summed E-state index contributed by atoms with van der Waals surface area (Å²) in [6.07, 6.45) is 8.33. The lowest BCUT2D eigenvalue weighted by Gasteiger charge is -2.16. The Labute approximate surface area is 131 Å². The summed E-state index contributed by atoms with van der Waals surface area (Å²) in [5.41, 5.74) is 0. The Morgan fingerprint density at radius 2 is 1.10 bits per heavy atom. The molecule has 2 aromatic carbocycles. The Bertz CT molecular complexity index is 438. The largest absolute Gasteiger partial charge is 0.121 e. The van der Waals surface area contributed by atoms with E-state index in [9.17, 15) is 0 Å². The predicted molar refractivity (Wildman–Crippen MR) is 96.1 cm³/mol. The number of hydrogen-bond acceptors (Lipinski definition) is 0. The average molecular weight is 296 g/mol. The third-order valence-electron chi connectivity index (χ3n) is 4.02. The van der Waals surface area contributed by atoms with E-state index in [0.717, 1.165) is 0 Å². The molecule has 0 heterocycles. The minimum atomic E-state index is -0.592. The highest BCUT2D eigenvalue weighted by molar-refractivity contribution is 6.85. The predicted octanol–water partition coefficient (Wildman–Crippen LogP) is 4.66. The van der Waals surface area contributed by atoms with Gasteiger partial charge in [0.2, 0.25) is 0 Å². The van der Waals surface area contributed by atoms with E-state index in [1.807, 2.05) is 0 Å². The molecule has 0 amide bonds. The van der Waals surface area contributed by atoms with E-state index in [4.69, 9.17) is 0 Å². The zero-order chi connectivity index (χ0) is 14.8. The third kappa shape index (κ3) is 5.51. The summed E-state index contributed by atoms with van der Waals surface area (Å²) in [5, 5.41) is 3.12. The van der Waals surface area contributed by atoms with Crippen LogP contribution in [0, 0.1) is 0 Å². The van der Waals surface area contributed by atoms with E-state index in [1.54, 1.807) is 10.4 Å². The first-order valence-corrected chi connectivity index (χ1v) is 10.1. The molecule has 0 saturated carbocycles. The van der Waals surface area contributed by atoms with Gasteiger partial charge in [-0.05, 0) is 0 Å². The van der Waals surface area contributed by atoms with Crippen LogP contribution in [0.1, 0.15) is 45.4 Å². The quantitative estimate of drug-likeness (QED) is 0.466. The van der Waals surface area contributed by atoms with Gasteiger partial charge < -0.3 is 0 Å². The van der Waals surface area contributed by atoms with Crippen LogP contribution in [0.25, 0.3) is 0 Å². The number of benzene rings is 2. The van der Waals surface area contributed by atoms with Crippen LogP contribution in [-0.4, -0.2) is 8.80 Å². The Hall–Kier alpha value is -1.34. The average Bonchev–Trinajstić information content (AvgIpc) is 2.56. The molecule has 0 aliphatic heterocycles. The maximum Gasteiger partial charge on any atom is 0.121 e. The van der Waals surface area contributed by atoms with Gasteiger partial charge in [-0.2, -0.15) is 0 Å². The molecule has 0 nitrogen and oxygen atoms in total. The van der Waals surface area contributed by atoms with Gasteiger partial charge in [0.1, 0.15) is 8.80 Å². The molecule has 111 valence electrons. The van der Waals surface area contributed by atoms with Crippen LogP contribution < -0.4 is 10.4 Å². The second kappa shape index (κ2) is 9.57. The van der Waals surface area contributed by atoms with Gasteiger partial charge in [0, 0.05) is 0 Å². The molecule has 0 unspecified atom stereocenters. The maximum absolute atomic E-state index is 2.32. The first-order valence-electron chi connectivity index (χ1n) is 8.38. The number of unbranched alkanes of at least 4 members (excludes halogenated alkanes) is 5. The summed E-state index contributed by atoms with van der Waals surface area (Å²) in [6, 6.07) is 23.6. The van der Waals surface area contributed by atoms with Gasteiger partial charge in [0.15, 0.2) is 0 Å². The van der Waals surface area contributed by atoms with E-state index in [-0.39, 0.29) is 0 Å². The number of rotatable bonds is 9. The molecule has 0 spiro atoms. The Kier molecular flexibility index (Phi) is 7.31. The Morgan fingerprint density at radius 1 is 0.619 bits per heavy atom. The van der Waals surface area contributed by atoms with E-state index in [1.165, 1.54) is 44.6 Å². The van der Waals surface area contributed by atoms with E-state index >= 15 is 0 Å². The van der Waals surface area contributed by atoms with Crippen molar-refractivity contribution < 1.29 is 0 Å². The van der Waals surface area contributed by atoms with Gasteiger partial charge in [-0.25, -0.2) is 0 Å². The van der Waals surface area contributed by atoms with Crippen LogP contribution in [0.2, 0.25) is 6.04 Å². The summed E-state index contributed by atoms with van der Waals surface area (Å²) in [6.45, 7) is 2.28. The molecule has 0 saturated heterocycles. The SMILES string of the molecule is CCCCCCCC[Si](c1ccccc1)c1ccccc1. The van der Waals surface area contributed by atoms with Crippen LogP contribution in [0.5, 0.6) is 0 Å². The van der Waals surface area contributed by atoms with Crippen LogP contribution in [0.15, 0.2) is 60.7 Å². The molecule has 2 aromatic rings. The van der Waals surface area contributed by atoms with Crippen molar-refractivity contribution in [2.75, 3.05) is 0 Å². The van der Waals surface area contributed by atoms with Crippen molar-refractivity contribution in [3.05, 3.63) is 60.7 Å². The molecule has 0 atom stereocenters. The third-order valence-corrected chi connectivity index (χ3v) is 6.94. The van der Waals surface area contributed by atoms with E-state index in [0.29, 0.717) is 0 Å². The highest BCUT2D eigenvalue weighted by Crippen LogP contribution is 2.09. The molecule has 1 heteroatoms. The zero-order valence-electron chi connectivity index (χ0n) is 13.2. The van der Waals surface area contributed by atoms with Crippen molar-refractivity contribution in [3.63, 3.8) is 0 Å². The molecular weight excluding hydrogens is 268 g/mol. The first kappa shape index (κ1) is 16.0. The monoisotopic (exact) mass is 295 g/mol. The fraction of sp³-hybridized carbons (Fsp3) is 0.400. The van der Waals surface area contributed by atoms with Gasteiger partial charge in [0.25, 0.3) is 0 Å². The smallest absolute Gasteiger partial charge is 0.0654 e. The van der Waals surface area contributed by atoms with Gasteiger partial charge in [0.05, 0.1) is 0 Å². The maximum atomic E-state index is 2.32. The van der Waals surface area contributed by atoms with Gasteiger partial charge in [-0.15, -0.1) is 0 Å². The number of hydrogen-bond donors (Lipinski definition) is 0. The van der Waals surface area contributed by atoms with Crippen LogP contribution >= 0.6 is 0 Å². The molecular formula is C20H27Si. The fourth-order valence-corrected chi connectivity index (χ4v) is 5.52. The first-order chi connectivity index (χ1) is 10.4. The minimum Gasteiger partial charge on any atom is -0.0654 e. The highest BCUT2D eigenvalue weighted by atomic mass is 28.3. The lowest BCUT2D eigenvalue weighted by atomic mass is 10.1. The van der Waals surface area contributed by atoms with E-state index < -0.39 is 8.80 Å². The minimum absolute atomic E-state index is 0.592. The zero-order valence-corrected chi connectivity index (χ0v) is 14.2. The molecule has 0 fully saturated rings. The standard InChI is InChI=1S/C20H27Si/c1-2-3-4-5-6-13-18-21(19-14-9-7-10-15-19)20-16-11-8-12-17-20/h7-12,14-17H,2-6,13,18H2,1H3.